The first-order valence-corrected chi connectivity index (χ1v) is 9.50. The minimum Gasteiger partial charge on any atom is -0.508 e. The molecule has 0 unspecified atom stereocenters. The van der Waals surface area contributed by atoms with Crippen molar-refractivity contribution in [3.63, 3.8) is 0 Å². The molecule has 3 rings (SSSR count). The average Bonchev–Trinajstić information content (AvgIpc) is 2.70. The fourth-order valence-corrected chi connectivity index (χ4v) is 2.49. The van der Waals surface area contributed by atoms with Crippen molar-refractivity contribution in [1.29, 1.82) is 0 Å². The minimum atomic E-state index is -0.325. The fourth-order valence-electron chi connectivity index (χ4n) is 2.49. The van der Waals surface area contributed by atoms with Gasteiger partial charge in [0.05, 0.1) is 5.56 Å². The van der Waals surface area contributed by atoms with Gasteiger partial charge in [-0.3, -0.25) is 0 Å². The van der Waals surface area contributed by atoms with E-state index in [0.717, 1.165) is 11.1 Å². The summed E-state index contributed by atoms with van der Waals surface area (Å²) in [6.45, 7) is 12.0. The molecular weight excluding hydrogens is 360 g/mol. The van der Waals surface area contributed by atoms with Gasteiger partial charge in [0.2, 0.25) is 0 Å². The molecule has 0 aliphatic heterocycles. The van der Waals surface area contributed by atoms with Crippen LogP contribution in [-0.4, -0.2) is 11.1 Å². The highest BCUT2D eigenvalue weighted by Crippen LogP contribution is 2.22. The summed E-state index contributed by atoms with van der Waals surface area (Å²) < 4.78 is 5.34. The summed E-state index contributed by atoms with van der Waals surface area (Å²) in [6, 6.07) is 21.9. The molecule has 0 amide bonds. The van der Waals surface area contributed by atoms with Gasteiger partial charge >= 0.3 is 5.97 Å². The summed E-state index contributed by atoms with van der Waals surface area (Å²) in [5, 5.41) is 8.82. The number of hydrogen-bond acceptors (Lipinski definition) is 3. The van der Waals surface area contributed by atoms with Crippen LogP contribution in [0.2, 0.25) is 0 Å². The summed E-state index contributed by atoms with van der Waals surface area (Å²) in [7, 11) is 0. The molecule has 0 radical (unpaired) electrons. The molecule has 0 spiro atoms. The number of carbonyl (C=O) groups is 1. The number of phenols is 1. The van der Waals surface area contributed by atoms with E-state index in [1.54, 1.807) is 30.3 Å². The van der Waals surface area contributed by atoms with Gasteiger partial charge in [0.1, 0.15) is 11.5 Å². The standard InChI is InChI=1S/C18H20O2.C8H8O/c1-13-5-11-16(12-6-13)20-17(19)14-7-9-15(10-8-14)18(2,3)4;1-2-7-3-5-8(9)6-4-7/h5-12H,1-4H3;2-6,9H,1H2. The van der Waals surface area contributed by atoms with E-state index in [2.05, 4.69) is 27.4 Å². The van der Waals surface area contributed by atoms with Gasteiger partial charge in [0.25, 0.3) is 0 Å². The van der Waals surface area contributed by atoms with Crippen LogP contribution in [0.15, 0.2) is 79.4 Å². The van der Waals surface area contributed by atoms with Gasteiger partial charge < -0.3 is 9.84 Å². The normalized spacial score (nSPS) is 10.5. The van der Waals surface area contributed by atoms with E-state index in [4.69, 9.17) is 9.84 Å². The summed E-state index contributed by atoms with van der Waals surface area (Å²) in [5.41, 5.74) is 4.01. The SMILES string of the molecule is C=Cc1ccc(O)cc1.Cc1ccc(OC(=O)c2ccc(C(C)(C)C)cc2)cc1. The third kappa shape index (κ3) is 6.96. The van der Waals surface area contributed by atoms with Crippen molar-refractivity contribution >= 4 is 12.0 Å². The first-order chi connectivity index (χ1) is 13.7. The lowest BCUT2D eigenvalue weighted by atomic mass is 9.87. The Morgan fingerprint density at radius 3 is 1.93 bits per heavy atom. The van der Waals surface area contributed by atoms with Gasteiger partial charge in [0, 0.05) is 0 Å². The van der Waals surface area contributed by atoms with Crippen LogP contribution in [-0.2, 0) is 5.41 Å². The number of aryl methyl sites for hydroxylation is 1. The molecule has 0 aromatic heterocycles. The summed E-state index contributed by atoms with van der Waals surface area (Å²) in [6.07, 6.45) is 1.74. The maximum atomic E-state index is 12.0. The van der Waals surface area contributed by atoms with E-state index in [-0.39, 0.29) is 11.4 Å². The Hall–Kier alpha value is -3.33. The molecule has 150 valence electrons. The van der Waals surface area contributed by atoms with Crippen molar-refractivity contribution in [1.82, 2.24) is 0 Å². The van der Waals surface area contributed by atoms with Gasteiger partial charge in [-0.05, 0) is 59.9 Å². The Morgan fingerprint density at radius 2 is 1.45 bits per heavy atom. The van der Waals surface area contributed by atoms with Crippen LogP contribution in [0.5, 0.6) is 11.5 Å². The lowest BCUT2D eigenvalue weighted by Gasteiger charge is -2.18. The maximum absolute atomic E-state index is 12.0. The second-order valence-electron chi connectivity index (χ2n) is 7.83. The van der Waals surface area contributed by atoms with Crippen molar-refractivity contribution in [2.24, 2.45) is 0 Å². The molecule has 0 atom stereocenters. The topological polar surface area (TPSA) is 46.5 Å². The Balaban J connectivity index is 0.000000278. The second-order valence-corrected chi connectivity index (χ2v) is 7.83. The van der Waals surface area contributed by atoms with Crippen LogP contribution in [0.4, 0.5) is 0 Å². The fraction of sp³-hybridized carbons (Fsp3) is 0.192. The zero-order valence-electron chi connectivity index (χ0n) is 17.5. The third-order valence-corrected chi connectivity index (χ3v) is 4.35. The number of phenolic OH excluding ortho intramolecular Hbond substituents is 1. The molecule has 3 nitrogen and oxygen atoms in total. The molecule has 0 fully saturated rings. The monoisotopic (exact) mass is 388 g/mol. The molecule has 0 aliphatic carbocycles. The van der Waals surface area contributed by atoms with Crippen molar-refractivity contribution in [3.8, 4) is 11.5 Å². The highest BCUT2D eigenvalue weighted by molar-refractivity contribution is 5.91. The van der Waals surface area contributed by atoms with E-state index in [0.29, 0.717) is 17.1 Å². The largest absolute Gasteiger partial charge is 0.508 e. The number of rotatable bonds is 3. The maximum Gasteiger partial charge on any atom is 0.343 e. The number of aromatic hydroxyl groups is 1. The first-order valence-electron chi connectivity index (χ1n) is 9.50. The van der Waals surface area contributed by atoms with Crippen LogP contribution >= 0.6 is 0 Å². The molecule has 3 heteroatoms. The van der Waals surface area contributed by atoms with Gasteiger partial charge in [-0.15, -0.1) is 0 Å². The second kappa shape index (κ2) is 9.74. The molecule has 0 saturated heterocycles. The van der Waals surface area contributed by atoms with E-state index < -0.39 is 0 Å². The quantitative estimate of drug-likeness (QED) is 0.409. The van der Waals surface area contributed by atoms with E-state index in [9.17, 15) is 4.79 Å². The average molecular weight is 389 g/mol. The van der Waals surface area contributed by atoms with Gasteiger partial charge in [-0.25, -0.2) is 4.79 Å². The van der Waals surface area contributed by atoms with Crippen LogP contribution in [0.1, 0.15) is 47.8 Å². The summed E-state index contributed by atoms with van der Waals surface area (Å²) >= 11 is 0. The minimum absolute atomic E-state index is 0.0827. The number of carbonyl (C=O) groups excluding carboxylic acids is 1. The zero-order chi connectivity index (χ0) is 21.4. The number of benzene rings is 3. The van der Waals surface area contributed by atoms with Gasteiger partial charge in [-0.2, -0.15) is 0 Å². The molecule has 3 aromatic rings. The smallest absolute Gasteiger partial charge is 0.343 e. The van der Waals surface area contributed by atoms with Crippen LogP contribution in [0, 0.1) is 6.92 Å². The molecule has 0 saturated carbocycles. The lowest BCUT2D eigenvalue weighted by molar-refractivity contribution is 0.0734. The molecule has 0 bridgehead atoms. The molecule has 0 heterocycles. The molecule has 0 aliphatic rings. The molecular formula is C26H28O3. The Kier molecular flexibility index (Phi) is 7.38. The van der Waals surface area contributed by atoms with E-state index in [1.807, 2.05) is 55.5 Å². The van der Waals surface area contributed by atoms with Crippen LogP contribution < -0.4 is 4.74 Å². The van der Waals surface area contributed by atoms with Crippen molar-refractivity contribution < 1.29 is 14.6 Å². The summed E-state index contributed by atoms with van der Waals surface area (Å²) in [4.78, 5) is 12.0. The molecule has 29 heavy (non-hydrogen) atoms. The van der Waals surface area contributed by atoms with Crippen molar-refractivity contribution in [3.05, 3.63) is 102 Å². The first kappa shape index (κ1) is 22.0. The molecule has 1 N–H and O–H groups in total. The predicted molar refractivity (Wildman–Crippen MR) is 119 cm³/mol. The Bertz CT molecular complexity index is 929. The lowest BCUT2D eigenvalue weighted by Crippen LogP contribution is -2.12. The number of esters is 1. The number of hydrogen-bond donors (Lipinski definition) is 1. The van der Waals surface area contributed by atoms with Gasteiger partial charge in [0.15, 0.2) is 0 Å². The predicted octanol–water partition coefficient (Wildman–Crippen LogP) is 6.55. The Morgan fingerprint density at radius 1 is 0.897 bits per heavy atom. The summed E-state index contributed by atoms with van der Waals surface area (Å²) in [5.74, 6) is 0.537. The van der Waals surface area contributed by atoms with Crippen LogP contribution in [0.25, 0.3) is 6.08 Å². The number of ether oxygens (including phenoxy) is 1. The molecule has 3 aromatic carbocycles. The Labute approximate surface area is 173 Å². The van der Waals surface area contributed by atoms with Crippen molar-refractivity contribution in [2.75, 3.05) is 0 Å². The van der Waals surface area contributed by atoms with Crippen molar-refractivity contribution in [2.45, 2.75) is 33.1 Å². The van der Waals surface area contributed by atoms with E-state index >= 15 is 0 Å². The highest BCUT2D eigenvalue weighted by Gasteiger charge is 2.15. The third-order valence-electron chi connectivity index (χ3n) is 4.35. The zero-order valence-corrected chi connectivity index (χ0v) is 17.5. The van der Waals surface area contributed by atoms with E-state index in [1.165, 1.54) is 5.56 Å². The van der Waals surface area contributed by atoms with Crippen LogP contribution in [0.3, 0.4) is 0 Å². The highest BCUT2D eigenvalue weighted by atomic mass is 16.5. The van der Waals surface area contributed by atoms with Gasteiger partial charge in [-0.1, -0.05) is 75.4 Å².